The number of methoxy groups -OCH3 is 1. The Morgan fingerprint density at radius 3 is 2.80 bits per heavy atom. The van der Waals surface area contributed by atoms with Gasteiger partial charge in [0.2, 0.25) is 5.88 Å². The number of allylic oxidation sites excluding steroid dienone is 1. The summed E-state index contributed by atoms with van der Waals surface area (Å²) in [4.78, 5) is 4.07. The van der Waals surface area contributed by atoms with E-state index in [0.717, 1.165) is 22.3 Å². The monoisotopic (exact) mass is 269 g/mol. The number of fused-ring (bicyclic) bond motifs is 3. The number of halogens is 1. The Labute approximate surface area is 117 Å². The lowest BCUT2D eigenvalue weighted by molar-refractivity contribution is 0.386. The van der Waals surface area contributed by atoms with Crippen LogP contribution in [0.5, 0.6) is 5.88 Å². The third-order valence-corrected chi connectivity index (χ3v) is 4.12. The molecule has 1 aliphatic rings. The van der Waals surface area contributed by atoms with Gasteiger partial charge in [-0.1, -0.05) is 29.8 Å². The minimum atomic E-state index is -0.489. The van der Waals surface area contributed by atoms with Crippen LogP contribution in [0.4, 0.5) is 4.39 Å². The van der Waals surface area contributed by atoms with Crippen molar-refractivity contribution in [3.63, 3.8) is 0 Å². The van der Waals surface area contributed by atoms with E-state index in [0.29, 0.717) is 11.4 Å². The zero-order valence-electron chi connectivity index (χ0n) is 11.8. The molecule has 1 unspecified atom stereocenters. The van der Waals surface area contributed by atoms with Gasteiger partial charge in [-0.2, -0.15) is 0 Å². The van der Waals surface area contributed by atoms with E-state index in [1.165, 1.54) is 6.20 Å². The van der Waals surface area contributed by atoms with Crippen LogP contribution < -0.4 is 4.74 Å². The van der Waals surface area contributed by atoms with E-state index in [-0.39, 0.29) is 5.82 Å². The second kappa shape index (κ2) is 4.17. The third-order valence-electron chi connectivity index (χ3n) is 4.12. The highest BCUT2D eigenvalue weighted by molar-refractivity contribution is 5.84. The predicted octanol–water partition coefficient (Wildman–Crippen LogP) is 4.01. The second-order valence-electron chi connectivity index (χ2n) is 5.32. The van der Waals surface area contributed by atoms with E-state index >= 15 is 0 Å². The smallest absolute Gasteiger partial charge is 0.218 e. The summed E-state index contributed by atoms with van der Waals surface area (Å²) in [5.41, 5.74) is 3.93. The van der Waals surface area contributed by atoms with Crippen LogP contribution in [0, 0.1) is 12.7 Å². The molecule has 0 spiro atoms. The molecule has 0 aliphatic heterocycles. The molecule has 0 fully saturated rings. The number of aryl methyl sites for hydroxylation is 1. The zero-order valence-corrected chi connectivity index (χ0v) is 11.8. The third kappa shape index (κ3) is 1.46. The molecule has 3 rings (SSSR count). The van der Waals surface area contributed by atoms with Gasteiger partial charge in [0.15, 0.2) is 0 Å². The minimum absolute atomic E-state index is 0.323. The van der Waals surface area contributed by atoms with Crippen LogP contribution in [-0.2, 0) is 5.41 Å². The van der Waals surface area contributed by atoms with Gasteiger partial charge in [0, 0.05) is 16.5 Å². The maximum absolute atomic E-state index is 14.3. The van der Waals surface area contributed by atoms with Gasteiger partial charge in [0.05, 0.1) is 13.3 Å². The highest BCUT2D eigenvalue weighted by atomic mass is 19.1. The van der Waals surface area contributed by atoms with Crippen molar-refractivity contribution in [3.8, 4) is 17.0 Å². The summed E-state index contributed by atoms with van der Waals surface area (Å²) in [7, 11) is 1.55. The topological polar surface area (TPSA) is 22.1 Å². The number of hydrogen-bond donors (Lipinski definition) is 0. The Hall–Kier alpha value is -2.16. The number of aromatic nitrogens is 1. The van der Waals surface area contributed by atoms with E-state index < -0.39 is 5.41 Å². The SMILES string of the molecule is C=CC1(C)c2cc(C)ccc2-c2c(F)cnc(OC)c21. The van der Waals surface area contributed by atoms with E-state index in [4.69, 9.17) is 4.74 Å². The first-order valence-electron chi connectivity index (χ1n) is 6.51. The second-order valence-corrected chi connectivity index (χ2v) is 5.32. The van der Waals surface area contributed by atoms with Crippen LogP contribution >= 0.6 is 0 Å². The summed E-state index contributed by atoms with van der Waals surface area (Å²) in [6.07, 6.45) is 3.05. The number of ether oxygens (including phenoxy) is 1. The fourth-order valence-corrected chi connectivity index (χ4v) is 3.02. The van der Waals surface area contributed by atoms with Crippen molar-refractivity contribution in [2.45, 2.75) is 19.3 Å². The molecule has 3 heteroatoms. The Morgan fingerprint density at radius 1 is 1.40 bits per heavy atom. The van der Waals surface area contributed by atoms with Gasteiger partial charge in [-0.3, -0.25) is 0 Å². The Morgan fingerprint density at radius 2 is 2.15 bits per heavy atom. The van der Waals surface area contributed by atoms with Crippen LogP contribution in [0.3, 0.4) is 0 Å². The van der Waals surface area contributed by atoms with Crippen molar-refractivity contribution in [2.75, 3.05) is 7.11 Å². The summed E-state index contributed by atoms with van der Waals surface area (Å²) in [6.45, 7) is 7.99. The van der Waals surface area contributed by atoms with Crippen LogP contribution in [0.1, 0.15) is 23.6 Å². The molecule has 1 atom stereocenters. The van der Waals surface area contributed by atoms with Crippen LogP contribution in [0.25, 0.3) is 11.1 Å². The van der Waals surface area contributed by atoms with Crippen LogP contribution in [-0.4, -0.2) is 12.1 Å². The minimum Gasteiger partial charge on any atom is -0.481 e. The molecule has 0 N–H and O–H groups in total. The van der Waals surface area contributed by atoms with E-state index in [1.807, 2.05) is 32.1 Å². The lowest BCUT2D eigenvalue weighted by Crippen LogP contribution is -2.18. The van der Waals surface area contributed by atoms with Crippen molar-refractivity contribution in [1.29, 1.82) is 0 Å². The van der Waals surface area contributed by atoms with Gasteiger partial charge in [-0.15, -0.1) is 6.58 Å². The van der Waals surface area contributed by atoms with Gasteiger partial charge in [0.25, 0.3) is 0 Å². The van der Waals surface area contributed by atoms with E-state index in [1.54, 1.807) is 7.11 Å². The highest BCUT2D eigenvalue weighted by Crippen LogP contribution is 2.53. The maximum atomic E-state index is 14.3. The number of nitrogens with zero attached hydrogens (tertiary/aromatic N) is 1. The van der Waals surface area contributed by atoms with Crippen molar-refractivity contribution in [2.24, 2.45) is 0 Å². The molecule has 1 aromatic heterocycles. The number of rotatable bonds is 2. The van der Waals surface area contributed by atoms with Gasteiger partial charge >= 0.3 is 0 Å². The fourth-order valence-electron chi connectivity index (χ4n) is 3.02. The molecule has 0 bridgehead atoms. The molecule has 0 saturated heterocycles. The Balaban J connectivity index is 2.47. The summed E-state index contributed by atoms with van der Waals surface area (Å²) < 4.78 is 19.7. The molecule has 2 aromatic rings. The normalized spacial score (nSPS) is 19.4. The van der Waals surface area contributed by atoms with Gasteiger partial charge in [-0.05, 0) is 25.0 Å². The van der Waals surface area contributed by atoms with Crippen molar-refractivity contribution in [3.05, 3.63) is 59.6 Å². The molecule has 1 heterocycles. The molecule has 102 valence electrons. The largest absolute Gasteiger partial charge is 0.481 e. The zero-order chi connectivity index (χ0) is 14.5. The first-order valence-corrected chi connectivity index (χ1v) is 6.51. The Kier molecular flexibility index (Phi) is 2.68. The van der Waals surface area contributed by atoms with Crippen molar-refractivity contribution < 1.29 is 9.13 Å². The fraction of sp³-hybridized carbons (Fsp3) is 0.235. The molecule has 1 aliphatic carbocycles. The van der Waals surface area contributed by atoms with Gasteiger partial charge < -0.3 is 4.74 Å². The highest BCUT2D eigenvalue weighted by Gasteiger charge is 2.42. The number of pyridine rings is 1. The standard InChI is InChI=1S/C17H16FNO/c1-5-17(3)12-8-10(2)6-7-11(12)14-13(18)9-19-16(20-4)15(14)17/h5-9H,1H2,2-4H3. The molecular formula is C17H16FNO. The average Bonchev–Trinajstić information content (AvgIpc) is 2.71. The summed E-state index contributed by atoms with van der Waals surface area (Å²) in [5.74, 6) is 0.133. The Bertz CT molecular complexity index is 723. The number of benzene rings is 1. The van der Waals surface area contributed by atoms with Gasteiger partial charge in [0.1, 0.15) is 5.82 Å². The molecule has 20 heavy (non-hydrogen) atoms. The first kappa shape index (κ1) is 12.9. The summed E-state index contributed by atoms with van der Waals surface area (Å²) in [5, 5.41) is 0. The molecule has 0 saturated carbocycles. The predicted molar refractivity (Wildman–Crippen MR) is 77.6 cm³/mol. The van der Waals surface area contributed by atoms with Crippen LogP contribution in [0.2, 0.25) is 0 Å². The lowest BCUT2D eigenvalue weighted by Gasteiger charge is -2.24. The number of hydrogen-bond acceptors (Lipinski definition) is 2. The van der Waals surface area contributed by atoms with Crippen molar-refractivity contribution >= 4 is 0 Å². The summed E-state index contributed by atoms with van der Waals surface area (Å²) >= 11 is 0. The lowest BCUT2D eigenvalue weighted by atomic mass is 9.80. The summed E-state index contributed by atoms with van der Waals surface area (Å²) in [6, 6.07) is 6.03. The first-order chi connectivity index (χ1) is 9.52. The molecule has 0 amide bonds. The molecule has 2 nitrogen and oxygen atoms in total. The van der Waals surface area contributed by atoms with Crippen LogP contribution in [0.15, 0.2) is 37.1 Å². The van der Waals surface area contributed by atoms with E-state index in [2.05, 4.69) is 17.6 Å². The van der Waals surface area contributed by atoms with E-state index in [9.17, 15) is 4.39 Å². The molecule has 0 radical (unpaired) electrons. The molecular weight excluding hydrogens is 253 g/mol. The quantitative estimate of drug-likeness (QED) is 0.768. The van der Waals surface area contributed by atoms with Crippen molar-refractivity contribution in [1.82, 2.24) is 4.98 Å². The van der Waals surface area contributed by atoms with Gasteiger partial charge in [-0.25, -0.2) is 9.37 Å². The maximum Gasteiger partial charge on any atom is 0.218 e. The average molecular weight is 269 g/mol. The molecule has 1 aromatic carbocycles.